The van der Waals surface area contributed by atoms with Crippen LogP contribution >= 0.6 is 0 Å². The van der Waals surface area contributed by atoms with E-state index in [0.717, 1.165) is 22.3 Å². The van der Waals surface area contributed by atoms with Gasteiger partial charge in [-0.05, 0) is 69.4 Å². The number of hydrogen-bond donors (Lipinski definition) is 1. The van der Waals surface area contributed by atoms with Crippen LogP contribution < -0.4 is 5.32 Å². The van der Waals surface area contributed by atoms with Gasteiger partial charge in [-0.2, -0.15) is 4.31 Å². The SMILES string of the molecule is Cc1cccc(NC(=O)[C@@H]2CCCN2S(=O)(=O)c2c(C)cc(C)cc2C)c1. The van der Waals surface area contributed by atoms with Gasteiger partial charge in [0.2, 0.25) is 15.9 Å². The summed E-state index contributed by atoms with van der Waals surface area (Å²) in [6.45, 7) is 7.88. The molecule has 1 fully saturated rings. The summed E-state index contributed by atoms with van der Waals surface area (Å²) in [4.78, 5) is 13.1. The maximum atomic E-state index is 13.4. The number of hydrogen-bond acceptors (Lipinski definition) is 3. The van der Waals surface area contributed by atoms with E-state index in [1.54, 1.807) is 0 Å². The third-order valence-electron chi connectivity index (χ3n) is 4.96. The van der Waals surface area contributed by atoms with E-state index in [2.05, 4.69) is 5.32 Å². The van der Waals surface area contributed by atoms with Crippen LogP contribution in [0, 0.1) is 27.7 Å². The van der Waals surface area contributed by atoms with E-state index in [1.165, 1.54) is 4.31 Å². The van der Waals surface area contributed by atoms with E-state index >= 15 is 0 Å². The lowest BCUT2D eigenvalue weighted by Crippen LogP contribution is -2.43. The predicted octanol–water partition coefficient (Wildman–Crippen LogP) is 3.71. The minimum Gasteiger partial charge on any atom is -0.325 e. The topological polar surface area (TPSA) is 66.5 Å². The molecule has 0 aromatic heterocycles. The average molecular weight is 387 g/mol. The van der Waals surface area contributed by atoms with Crippen LogP contribution in [0.2, 0.25) is 0 Å². The third kappa shape index (κ3) is 3.92. The molecule has 0 bridgehead atoms. The van der Waals surface area contributed by atoms with E-state index in [4.69, 9.17) is 0 Å². The lowest BCUT2D eigenvalue weighted by molar-refractivity contribution is -0.119. The zero-order chi connectivity index (χ0) is 19.8. The molecule has 1 N–H and O–H groups in total. The molecule has 5 nitrogen and oxygen atoms in total. The molecule has 1 heterocycles. The van der Waals surface area contributed by atoms with Crippen molar-refractivity contribution in [1.82, 2.24) is 4.31 Å². The first kappa shape index (κ1) is 19.6. The van der Waals surface area contributed by atoms with Crippen LogP contribution in [0.15, 0.2) is 41.3 Å². The van der Waals surface area contributed by atoms with Gasteiger partial charge >= 0.3 is 0 Å². The summed E-state index contributed by atoms with van der Waals surface area (Å²) in [6, 6.07) is 10.6. The Hall–Kier alpha value is -2.18. The Labute approximate surface area is 161 Å². The summed E-state index contributed by atoms with van der Waals surface area (Å²) < 4.78 is 28.1. The monoisotopic (exact) mass is 386 g/mol. The van der Waals surface area contributed by atoms with Gasteiger partial charge < -0.3 is 5.32 Å². The lowest BCUT2D eigenvalue weighted by atomic mass is 10.1. The Balaban J connectivity index is 1.90. The van der Waals surface area contributed by atoms with Gasteiger partial charge in [-0.3, -0.25) is 4.79 Å². The molecule has 144 valence electrons. The molecule has 1 aliphatic heterocycles. The quantitative estimate of drug-likeness (QED) is 0.871. The first-order valence-corrected chi connectivity index (χ1v) is 10.6. The Morgan fingerprint density at radius 1 is 1.04 bits per heavy atom. The molecule has 1 saturated heterocycles. The van der Waals surface area contributed by atoms with Gasteiger partial charge in [-0.15, -0.1) is 0 Å². The molecule has 6 heteroatoms. The fraction of sp³-hybridized carbons (Fsp3) is 0.381. The van der Waals surface area contributed by atoms with Gasteiger partial charge in [0, 0.05) is 12.2 Å². The predicted molar refractivity (Wildman–Crippen MR) is 107 cm³/mol. The maximum Gasteiger partial charge on any atom is 0.244 e. The number of amides is 1. The normalized spacial score (nSPS) is 17.9. The van der Waals surface area contributed by atoms with Gasteiger partial charge in [0.1, 0.15) is 6.04 Å². The van der Waals surface area contributed by atoms with E-state index in [0.29, 0.717) is 30.0 Å². The van der Waals surface area contributed by atoms with Gasteiger partial charge in [0.05, 0.1) is 4.90 Å². The molecule has 2 aromatic rings. The molecule has 27 heavy (non-hydrogen) atoms. The summed E-state index contributed by atoms with van der Waals surface area (Å²) in [6.07, 6.45) is 1.20. The standard InChI is InChI=1S/C21H26N2O3S/c1-14-7-5-8-18(13-14)22-21(24)19-9-6-10-23(19)27(25,26)20-16(3)11-15(2)12-17(20)4/h5,7-8,11-13,19H,6,9-10H2,1-4H3,(H,22,24)/t19-/m0/s1. The van der Waals surface area contributed by atoms with Crippen molar-refractivity contribution in [3.63, 3.8) is 0 Å². The van der Waals surface area contributed by atoms with Crippen molar-refractivity contribution in [3.05, 3.63) is 58.7 Å². The third-order valence-corrected chi connectivity index (χ3v) is 7.18. The van der Waals surface area contributed by atoms with Gasteiger partial charge in [0.15, 0.2) is 0 Å². The summed E-state index contributed by atoms with van der Waals surface area (Å²) in [7, 11) is -3.74. The average Bonchev–Trinajstić information content (AvgIpc) is 3.04. The second kappa shape index (κ2) is 7.44. The number of rotatable bonds is 4. The maximum absolute atomic E-state index is 13.4. The van der Waals surface area contributed by atoms with E-state index in [1.807, 2.05) is 64.1 Å². The van der Waals surface area contributed by atoms with Crippen LogP contribution in [0.25, 0.3) is 0 Å². The fourth-order valence-corrected chi connectivity index (χ4v) is 6.00. The molecule has 3 rings (SSSR count). The van der Waals surface area contributed by atoms with Crippen molar-refractivity contribution < 1.29 is 13.2 Å². The summed E-state index contributed by atoms with van der Waals surface area (Å²) in [5.41, 5.74) is 4.19. The van der Waals surface area contributed by atoms with Crippen LogP contribution in [0.5, 0.6) is 0 Å². The highest BCUT2D eigenvalue weighted by Crippen LogP contribution is 2.31. The molecule has 1 amide bonds. The first-order chi connectivity index (χ1) is 12.7. The number of sulfonamides is 1. The van der Waals surface area contributed by atoms with Crippen molar-refractivity contribution in [1.29, 1.82) is 0 Å². The van der Waals surface area contributed by atoms with Crippen LogP contribution in [-0.2, 0) is 14.8 Å². The van der Waals surface area contributed by atoms with Gasteiger partial charge in [0.25, 0.3) is 0 Å². The number of carbonyl (C=O) groups excluding carboxylic acids is 1. The first-order valence-electron chi connectivity index (χ1n) is 9.17. The van der Waals surface area contributed by atoms with Crippen LogP contribution in [0.4, 0.5) is 5.69 Å². The fourth-order valence-electron chi connectivity index (χ4n) is 3.93. The van der Waals surface area contributed by atoms with Crippen molar-refractivity contribution in [3.8, 4) is 0 Å². The molecule has 0 spiro atoms. The van der Waals surface area contributed by atoms with E-state index in [9.17, 15) is 13.2 Å². The molecule has 1 aliphatic rings. The lowest BCUT2D eigenvalue weighted by Gasteiger charge is -2.25. The summed E-state index contributed by atoms with van der Waals surface area (Å²) in [5.74, 6) is -0.274. The molecule has 0 unspecified atom stereocenters. The number of aryl methyl sites for hydroxylation is 4. The number of benzene rings is 2. The molecule has 0 aliphatic carbocycles. The van der Waals surface area contributed by atoms with E-state index in [-0.39, 0.29) is 5.91 Å². The Morgan fingerprint density at radius 3 is 2.33 bits per heavy atom. The zero-order valence-corrected chi connectivity index (χ0v) is 17.1. The number of carbonyl (C=O) groups is 1. The van der Waals surface area contributed by atoms with Crippen LogP contribution in [0.1, 0.15) is 35.1 Å². The highest BCUT2D eigenvalue weighted by Gasteiger charge is 2.40. The number of nitrogens with one attached hydrogen (secondary N) is 1. The number of nitrogens with zero attached hydrogens (tertiary/aromatic N) is 1. The second-order valence-corrected chi connectivity index (χ2v) is 9.19. The zero-order valence-electron chi connectivity index (χ0n) is 16.2. The van der Waals surface area contributed by atoms with Crippen molar-refractivity contribution in [2.45, 2.75) is 51.5 Å². The largest absolute Gasteiger partial charge is 0.325 e. The highest BCUT2D eigenvalue weighted by atomic mass is 32.2. The van der Waals surface area contributed by atoms with Crippen LogP contribution in [0.3, 0.4) is 0 Å². The van der Waals surface area contributed by atoms with Crippen molar-refractivity contribution in [2.24, 2.45) is 0 Å². The Morgan fingerprint density at radius 2 is 1.70 bits per heavy atom. The van der Waals surface area contributed by atoms with E-state index < -0.39 is 16.1 Å². The van der Waals surface area contributed by atoms with Crippen molar-refractivity contribution >= 4 is 21.6 Å². The second-order valence-electron chi connectivity index (χ2n) is 7.36. The molecule has 0 radical (unpaired) electrons. The van der Waals surface area contributed by atoms with Gasteiger partial charge in [-0.1, -0.05) is 29.8 Å². The van der Waals surface area contributed by atoms with Crippen LogP contribution in [-0.4, -0.2) is 31.2 Å². The Bertz CT molecular complexity index is 960. The number of anilines is 1. The molecular formula is C21H26N2O3S. The summed E-state index contributed by atoms with van der Waals surface area (Å²) >= 11 is 0. The Kier molecular flexibility index (Phi) is 5.40. The summed E-state index contributed by atoms with van der Waals surface area (Å²) in [5, 5.41) is 2.87. The minimum atomic E-state index is -3.74. The van der Waals surface area contributed by atoms with Crippen molar-refractivity contribution in [2.75, 3.05) is 11.9 Å². The minimum absolute atomic E-state index is 0.274. The highest BCUT2D eigenvalue weighted by molar-refractivity contribution is 7.89. The molecular weight excluding hydrogens is 360 g/mol. The molecule has 2 aromatic carbocycles. The smallest absolute Gasteiger partial charge is 0.244 e. The van der Waals surface area contributed by atoms with Gasteiger partial charge in [-0.25, -0.2) is 8.42 Å². The molecule has 1 atom stereocenters. The molecule has 0 saturated carbocycles.